The molecule has 1 aliphatic heterocycles. The third-order valence-corrected chi connectivity index (χ3v) is 3.94. The smallest absolute Gasteiger partial charge is 0.229 e. The molecule has 1 unspecified atom stereocenters. The van der Waals surface area contributed by atoms with Crippen LogP contribution in [0.25, 0.3) is 0 Å². The zero-order valence-corrected chi connectivity index (χ0v) is 15.0. The van der Waals surface area contributed by atoms with Gasteiger partial charge in [0.15, 0.2) is 0 Å². The Labute approximate surface area is 144 Å². The van der Waals surface area contributed by atoms with E-state index in [9.17, 15) is 4.79 Å². The van der Waals surface area contributed by atoms with Crippen LogP contribution in [0.5, 0.6) is 0 Å². The minimum absolute atomic E-state index is 0. The van der Waals surface area contributed by atoms with E-state index in [0.717, 1.165) is 37.4 Å². The van der Waals surface area contributed by atoms with Gasteiger partial charge in [-0.1, -0.05) is 6.92 Å². The lowest BCUT2D eigenvalue weighted by Gasteiger charge is -2.30. The Morgan fingerprint density at radius 1 is 1.45 bits per heavy atom. The van der Waals surface area contributed by atoms with E-state index in [1.165, 1.54) is 0 Å². The van der Waals surface area contributed by atoms with Crippen LogP contribution < -0.4 is 11.1 Å². The summed E-state index contributed by atoms with van der Waals surface area (Å²) in [5.41, 5.74) is 6.47. The fourth-order valence-corrected chi connectivity index (χ4v) is 2.48. The molecule has 22 heavy (non-hydrogen) atoms. The zero-order valence-electron chi connectivity index (χ0n) is 13.4. The number of anilines is 1. The van der Waals surface area contributed by atoms with Crippen molar-refractivity contribution < 1.29 is 4.79 Å². The summed E-state index contributed by atoms with van der Waals surface area (Å²) in [5.74, 6) is 0.570. The standard InChI is InChI=1S/C14H25N5O.2ClH/c1-10(9-15)14(20)16-13-8-11(2)17-19(13)12-4-6-18(3)7-5-12;;/h8,10,12H,4-7,9,15H2,1-3H3,(H,16,20);2*1H. The molecular formula is C14H27Cl2N5O. The molecule has 2 rings (SSSR count). The number of hydrogen-bond donors (Lipinski definition) is 2. The number of nitrogens with one attached hydrogen (secondary N) is 1. The molecule has 0 spiro atoms. The molecule has 1 aromatic heterocycles. The molecule has 0 radical (unpaired) electrons. The van der Waals surface area contributed by atoms with Crippen LogP contribution in [0.4, 0.5) is 5.82 Å². The molecular weight excluding hydrogens is 325 g/mol. The average Bonchev–Trinajstić information content (AvgIpc) is 2.79. The van der Waals surface area contributed by atoms with Crippen LogP contribution in [0, 0.1) is 12.8 Å². The molecule has 128 valence electrons. The highest BCUT2D eigenvalue weighted by Gasteiger charge is 2.23. The summed E-state index contributed by atoms with van der Waals surface area (Å²) in [6.07, 6.45) is 2.12. The number of piperidine rings is 1. The van der Waals surface area contributed by atoms with Gasteiger partial charge in [-0.05, 0) is 39.9 Å². The SMILES string of the molecule is Cc1cc(NC(=O)C(C)CN)n(C2CCN(C)CC2)n1.Cl.Cl. The van der Waals surface area contributed by atoms with Crippen LogP contribution in [0.3, 0.4) is 0 Å². The molecule has 8 heteroatoms. The number of rotatable bonds is 4. The maximum Gasteiger partial charge on any atom is 0.229 e. The molecule has 1 aliphatic rings. The van der Waals surface area contributed by atoms with E-state index >= 15 is 0 Å². The predicted molar refractivity (Wildman–Crippen MR) is 94.1 cm³/mol. The summed E-state index contributed by atoms with van der Waals surface area (Å²) < 4.78 is 1.98. The van der Waals surface area contributed by atoms with Gasteiger partial charge >= 0.3 is 0 Å². The number of carbonyl (C=O) groups excluding carboxylic acids is 1. The molecule has 3 N–H and O–H groups in total. The normalized spacial score (nSPS) is 17.3. The summed E-state index contributed by atoms with van der Waals surface area (Å²) in [7, 11) is 2.14. The molecule has 0 saturated carbocycles. The zero-order chi connectivity index (χ0) is 14.7. The lowest BCUT2D eigenvalue weighted by atomic mass is 10.1. The van der Waals surface area contributed by atoms with E-state index < -0.39 is 0 Å². The van der Waals surface area contributed by atoms with Crippen LogP contribution in [0.1, 0.15) is 31.5 Å². The summed E-state index contributed by atoms with van der Waals surface area (Å²) >= 11 is 0. The molecule has 6 nitrogen and oxygen atoms in total. The molecule has 1 atom stereocenters. The molecule has 0 bridgehead atoms. The number of nitrogens with two attached hydrogens (primary N) is 1. The third kappa shape index (κ3) is 5.12. The van der Waals surface area contributed by atoms with E-state index in [1.54, 1.807) is 0 Å². The van der Waals surface area contributed by atoms with Crippen molar-refractivity contribution in [1.29, 1.82) is 0 Å². The van der Waals surface area contributed by atoms with Crippen molar-refractivity contribution in [2.24, 2.45) is 11.7 Å². The number of halogens is 2. The van der Waals surface area contributed by atoms with E-state index in [0.29, 0.717) is 12.6 Å². The van der Waals surface area contributed by atoms with Gasteiger partial charge in [-0.2, -0.15) is 5.10 Å². The third-order valence-electron chi connectivity index (χ3n) is 3.94. The summed E-state index contributed by atoms with van der Waals surface area (Å²) in [6.45, 7) is 6.27. The highest BCUT2D eigenvalue weighted by molar-refractivity contribution is 5.91. The maximum absolute atomic E-state index is 12.0. The van der Waals surface area contributed by atoms with Gasteiger partial charge in [0.1, 0.15) is 5.82 Å². The van der Waals surface area contributed by atoms with Crippen LogP contribution in [-0.2, 0) is 4.79 Å². The van der Waals surface area contributed by atoms with Crippen molar-refractivity contribution in [2.75, 3.05) is 32.0 Å². The van der Waals surface area contributed by atoms with Crippen LogP contribution >= 0.6 is 24.8 Å². The lowest BCUT2D eigenvalue weighted by Crippen LogP contribution is -2.33. The van der Waals surface area contributed by atoms with E-state index in [-0.39, 0.29) is 36.6 Å². The topological polar surface area (TPSA) is 76.2 Å². The van der Waals surface area contributed by atoms with Crippen molar-refractivity contribution in [3.05, 3.63) is 11.8 Å². The van der Waals surface area contributed by atoms with Gasteiger partial charge in [-0.3, -0.25) is 4.79 Å². The number of aromatic nitrogens is 2. The first-order valence-electron chi connectivity index (χ1n) is 7.27. The molecule has 0 aliphatic carbocycles. The van der Waals surface area contributed by atoms with Gasteiger partial charge in [0.25, 0.3) is 0 Å². The average molecular weight is 352 g/mol. The Morgan fingerprint density at radius 2 is 2.05 bits per heavy atom. The molecule has 2 heterocycles. The summed E-state index contributed by atoms with van der Waals surface area (Å²) in [4.78, 5) is 14.3. The van der Waals surface area contributed by atoms with E-state index in [4.69, 9.17) is 5.73 Å². The van der Waals surface area contributed by atoms with Crippen LogP contribution in [-0.4, -0.2) is 47.3 Å². The maximum atomic E-state index is 12.0. The van der Waals surface area contributed by atoms with E-state index in [1.807, 2.05) is 24.6 Å². The van der Waals surface area contributed by atoms with E-state index in [2.05, 4.69) is 22.4 Å². The molecule has 1 amide bonds. The van der Waals surface area contributed by atoms with Crippen LogP contribution in [0.2, 0.25) is 0 Å². The highest BCUT2D eigenvalue weighted by Crippen LogP contribution is 2.26. The lowest BCUT2D eigenvalue weighted by molar-refractivity contribution is -0.119. The van der Waals surface area contributed by atoms with Crippen molar-refractivity contribution in [2.45, 2.75) is 32.7 Å². The second kappa shape index (κ2) is 9.35. The van der Waals surface area contributed by atoms with Crippen molar-refractivity contribution in [3.8, 4) is 0 Å². The largest absolute Gasteiger partial charge is 0.330 e. The number of carbonyl (C=O) groups is 1. The minimum Gasteiger partial charge on any atom is -0.330 e. The first-order valence-corrected chi connectivity index (χ1v) is 7.27. The van der Waals surface area contributed by atoms with Gasteiger partial charge in [-0.25, -0.2) is 4.68 Å². The number of likely N-dealkylation sites (tertiary alicyclic amines) is 1. The van der Waals surface area contributed by atoms with Crippen LogP contribution in [0.15, 0.2) is 6.07 Å². The second-order valence-corrected chi connectivity index (χ2v) is 5.78. The van der Waals surface area contributed by atoms with Gasteiger partial charge < -0.3 is 16.0 Å². The predicted octanol–water partition coefficient (Wildman–Crippen LogP) is 1.84. The Hall–Kier alpha value is -0.820. The molecule has 1 saturated heterocycles. The van der Waals surface area contributed by atoms with Crippen molar-refractivity contribution in [3.63, 3.8) is 0 Å². The van der Waals surface area contributed by atoms with Gasteiger partial charge in [0.2, 0.25) is 5.91 Å². The van der Waals surface area contributed by atoms with Crippen molar-refractivity contribution >= 4 is 36.5 Å². The second-order valence-electron chi connectivity index (χ2n) is 5.78. The molecule has 1 fully saturated rings. The van der Waals surface area contributed by atoms with Gasteiger partial charge in [-0.15, -0.1) is 24.8 Å². The molecule has 1 aromatic rings. The fraction of sp³-hybridized carbons (Fsp3) is 0.714. The quantitative estimate of drug-likeness (QED) is 0.867. The fourth-order valence-electron chi connectivity index (χ4n) is 2.48. The first kappa shape index (κ1) is 21.2. The Kier molecular flexibility index (Phi) is 9.00. The Bertz CT molecular complexity index is 472. The number of amides is 1. The van der Waals surface area contributed by atoms with Gasteiger partial charge in [0, 0.05) is 18.5 Å². The number of aryl methyl sites for hydroxylation is 1. The summed E-state index contributed by atoms with van der Waals surface area (Å²) in [6, 6.07) is 2.29. The number of nitrogens with zero attached hydrogens (tertiary/aromatic N) is 3. The monoisotopic (exact) mass is 351 g/mol. The summed E-state index contributed by atoms with van der Waals surface area (Å²) in [5, 5.41) is 7.51. The van der Waals surface area contributed by atoms with Gasteiger partial charge in [0.05, 0.1) is 11.7 Å². The number of hydrogen-bond acceptors (Lipinski definition) is 4. The highest BCUT2D eigenvalue weighted by atomic mass is 35.5. The minimum atomic E-state index is -0.184. The first-order chi connectivity index (χ1) is 9.51. The Morgan fingerprint density at radius 3 is 2.59 bits per heavy atom. The Balaban J connectivity index is 0.00000220. The molecule has 0 aromatic carbocycles. The van der Waals surface area contributed by atoms with Crippen molar-refractivity contribution in [1.82, 2.24) is 14.7 Å².